The van der Waals surface area contributed by atoms with E-state index in [9.17, 15) is 9.59 Å². The molecule has 0 aliphatic carbocycles. The van der Waals surface area contributed by atoms with Crippen LogP contribution in [0.3, 0.4) is 0 Å². The lowest BCUT2D eigenvalue weighted by Gasteiger charge is -2.22. The minimum Gasteiger partial charge on any atom is -0.365 e. The number of hydrogen-bond donors (Lipinski definition) is 0. The van der Waals surface area contributed by atoms with Crippen LogP contribution < -0.4 is 4.90 Å². The molecule has 4 nitrogen and oxygen atoms in total. The molecule has 1 aliphatic heterocycles. The summed E-state index contributed by atoms with van der Waals surface area (Å²) in [5.41, 5.74) is 5.00. The number of amides is 2. The summed E-state index contributed by atoms with van der Waals surface area (Å²) in [6.07, 6.45) is 0. The molecule has 0 spiro atoms. The van der Waals surface area contributed by atoms with E-state index in [1.807, 2.05) is 80.4 Å². The molecule has 0 fully saturated rings. The Kier molecular flexibility index (Phi) is 5.66. The van der Waals surface area contributed by atoms with Crippen molar-refractivity contribution in [3.63, 3.8) is 0 Å². The summed E-state index contributed by atoms with van der Waals surface area (Å²) in [5.74, 6) is -0.654. The summed E-state index contributed by atoms with van der Waals surface area (Å²) >= 11 is 6.10. The molecular formula is C26H23ClN2O2. The van der Waals surface area contributed by atoms with Crippen LogP contribution in [0.15, 0.2) is 78.5 Å². The average molecular weight is 431 g/mol. The van der Waals surface area contributed by atoms with E-state index in [2.05, 4.69) is 0 Å². The van der Waals surface area contributed by atoms with Gasteiger partial charge in [-0.3, -0.25) is 9.59 Å². The molecule has 0 saturated heterocycles. The summed E-state index contributed by atoms with van der Waals surface area (Å²) in [6, 6.07) is 22.8. The molecule has 0 unspecified atom stereocenters. The Balaban J connectivity index is 1.82. The predicted octanol–water partition coefficient (Wildman–Crippen LogP) is 5.37. The standard InChI is InChI=1S/C26H23ClN2O2/c1-17-9-11-20(12-10-17)23-24(28(3)16-19-7-5-4-6-8-19)26(31)29(25(23)30)22-14-13-21(27)15-18(22)2/h4-15H,16H2,1-3H3. The molecule has 156 valence electrons. The van der Waals surface area contributed by atoms with Gasteiger partial charge in [0, 0.05) is 18.6 Å². The smallest absolute Gasteiger partial charge is 0.282 e. The number of likely N-dealkylation sites (N-methyl/N-ethyl adjacent to an activating group) is 1. The number of carbonyl (C=O) groups excluding carboxylic acids is 2. The Morgan fingerprint density at radius 2 is 1.55 bits per heavy atom. The highest BCUT2D eigenvalue weighted by molar-refractivity contribution is 6.45. The number of nitrogens with zero attached hydrogens (tertiary/aromatic N) is 2. The number of aryl methyl sites for hydroxylation is 2. The minimum absolute atomic E-state index is 0.325. The third-order valence-electron chi connectivity index (χ3n) is 5.44. The van der Waals surface area contributed by atoms with Crippen molar-refractivity contribution in [2.75, 3.05) is 11.9 Å². The van der Waals surface area contributed by atoms with Crippen molar-refractivity contribution < 1.29 is 9.59 Å². The van der Waals surface area contributed by atoms with E-state index in [4.69, 9.17) is 11.6 Å². The summed E-state index contributed by atoms with van der Waals surface area (Å²) < 4.78 is 0. The van der Waals surface area contributed by atoms with Crippen molar-refractivity contribution in [1.29, 1.82) is 0 Å². The van der Waals surface area contributed by atoms with E-state index in [0.29, 0.717) is 28.5 Å². The van der Waals surface area contributed by atoms with Gasteiger partial charge in [0.1, 0.15) is 5.70 Å². The molecule has 4 rings (SSSR count). The Hall–Kier alpha value is -3.37. The zero-order valence-electron chi connectivity index (χ0n) is 17.7. The number of carbonyl (C=O) groups is 2. The molecule has 0 bridgehead atoms. The predicted molar refractivity (Wildman–Crippen MR) is 125 cm³/mol. The second kappa shape index (κ2) is 8.40. The van der Waals surface area contributed by atoms with Gasteiger partial charge >= 0.3 is 0 Å². The quantitative estimate of drug-likeness (QED) is 0.511. The Bertz CT molecular complexity index is 1180. The first kappa shape index (κ1) is 20.9. The first-order valence-electron chi connectivity index (χ1n) is 10.1. The van der Waals surface area contributed by atoms with Gasteiger partial charge in [0.15, 0.2) is 0 Å². The number of hydrogen-bond acceptors (Lipinski definition) is 3. The summed E-state index contributed by atoms with van der Waals surface area (Å²) in [7, 11) is 1.85. The van der Waals surface area contributed by atoms with Crippen LogP contribution in [-0.4, -0.2) is 23.8 Å². The van der Waals surface area contributed by atoms with Crippen molar-refractivity contribution in [2.24, 2.45) is 0 Å². The topological polar surface area (TPSA) is 40.6 Å². The fraction of sp³-hybridized carbons (Fsp3) is 0.154. The van der Waals surface area contributed by atoms with Gasteiger partial charge in [0.05, 0.1) is 11.3 Å². The maximum Gasteiger partial charge on any atom is 0.282 e. The molecule has 31 heavy (non-hydrogen) atoms. The summed E-state index contributed by atoms with van der Waals surface area (Å²) in [4.78, 5) is 30.3. The molecule has 1 aliphatic rings. The third-order valence-corrected chi connectivity index (χ3v) is 5.68. The van der Waals surface area contributed by atoms with E-state index >= 15 is 0 Å². The molecule has 3 aromatic carbocycles. The SMILES string of the molecule is Cc1ccc(C2=C(N(C)Cc3ccccc3)C(=O)N(c3ccc(Cl)cc3C)C2=O)cc1. The molecule has 3 aromatic rings. The highest BCUT2D eigenvalue weighted by Gasteiger charge is 2.42. The van der Waals surface area contributed by atoms with Gasteiger partial charge in [-0.05, 0) is 48.7 Å². The molecule has 2 amide bonds. The minimum atomic E-state index is -0.329. The van der Waals surface area contributed by atoms with Crippen LogP contribution in [-0.2, 0) is 16.1 Å². The van der Waals surface area contributed by atoms with Crippen LogP contribution in [0.1, 0.15) is 22.3 Å². The van der Waals surface area contributed by atoms with Crippen molar-refractivity contribution in [2.45, 2.75) is 20.4 Å². The highest BCUT2D eigenvalue weighted by atomic mass is 35.5. The van der Waals surface area contributed by atoms with Gasteiger partial charge in [-0.15, -0.1) is 0 Å². The van der Waals surface area contributed by atoms with Crippen molar-refractivity contribution in [1.82, 2.24) is 4.90 Å². The van der Waals surface area contributed by atoms with Crippen LogP contribution in [0.4, 0.5) is 5.69 Å². The lowest BCUT2D eigenvalue weighted by Crippen LogP contribution is -2.34. The molecule has 0 radical (unpaired) electrons. The largest absolute Gasteiger partial charge is 0.365 e. The zero-order valence-corrected chi connectivity index (χ0v) is 18.5. The molecule has 0 aromatic heterocycles. The van der Waals surface area contributed by atoms with Gasteiger partial charge in [-0.2, -0.15) is 0 Å². The first-order valence-corrected chi connectivity index (χ1v) is 10.5. The molecule has 0 atom stereocenters. The average Bonchev–Trinajstić information content (AvgIpc) is 3.00. The third kappa shape index (κ3) is 3.99. The molecule has 1 heterocycles. The second-order valence-electron chi connectivity index (χ2n) is 7.81. The number of halogens is 1. The van der Waals surface area contributed by atoms with E-state index < -0.39 is 0 Å². The van der Waals surface area contributed by atoms with E-state index in [1.54, 1.807) is 18.2 Å². The first-order chi connectivity index (χ1) is 14.9. The van der Waals surface area contributed by atoms with Gasteiger partial charge in [0.2, 0.25) is 0 Å². The van der Waals surface area contributed by atoms with Crippen molar-refractivity contribution in [3.05, 3.63) is 106 Å². The lowest BCUT2D eigenvalue weighted by atomic mass is 10.0. The maximum absolute atomic E-state index is 13.6. The molecular weight excluding hydrogens is 408 g/mol. The van der Waals surface area contributed by atoms with Crippen molar-refractivity contribution in [3.8, 4) is 0 Å². The maximum atomic E-state index is 13.6. The molecule has 0 saturated carbocycles. The van der Waals surface area contributed by atoms with Gasteiger partial charge < -0.3 is 4.90 Å². The fourth-order valence-electron chi connectivity index (χ4n) is 3.88. The highest BCUT2D eigenvalue weighted by Crippen LogP contribution is 2.36. The molecule has 0 N–H and O–H groups in total. The number of rotatable bonds is 5. The fourth-order valence-corrected chi connectivity index (χ4v) is 4.10. The zero-order chi connectivity index (χ0) is 22.1. The normalized spacial score (nSPS) is 13.9. The summed E-state index contributed by atoms with van der Waals surface area (Å²) in [6.45, 7) is 4.35. The molecule has 5 heteroatoms. The number of anilines is 1. The Labute approximate surface area is 187 Å². The number of benzene rings is 3. The van der Waals surface area contributed by atoms with E-state index in [0.717, 1.165) is 22.3 Å². The van der Waals surface area contributed by atoms with Gasteiger partial charge in [0.25, 0.3) is 11.8 Å². The lowest BCUT2D eigenvalue weighted by molar-refractivity contribution is -0.120. The van der Waals surface area contributed by atoms with Crippen LogP contribution in [0.5, 0.6) is 0 Å². The number of imide groups is 1. The van der Waals surface area contributed by atoms with Crippen LogP contribution in [0, 0.1) is 13.8 Å². The van der Waals surface area contributed by atoms with Gasteiger partial charge in [-0.25, -0.2) is 4.90 Å². The van der Waals surface area contributed by atoms with Crippen LogP contribution in [0.2, 0.25) is 5.02 Å². The van der Waals surface area contributed by atoms with E-state index in [-0.39, 0.29) is 11.8 Å². The van der Waals surface area contributed by atoms with Crippen LogP contribution in [0.25, 0.3) is 5.57 Å². The van der Waals surface area contributed by atoms with Crippen molar-refractivity contribution >= 4 is 34.7 Å². The van der Waals surface area contributed by atoms with E-state index in [1.165, 1.54) is 4.90 Å². The van der Waals surface area contributed by atoms with Gasteiger partial charge in [-0.1, -0.05) is 71.8 Å². The monoisotopic (exact) mass is 430 g/mol. The Morgan fingerprint density at radius 1 is 0.871 bits per heavy atom. The van der Waals surface area contributed by atoms with Crippen LogP contribution >= 0.6 is 11.6 Å². The second-order valence-corrected chi connectivity index (χ2v) is 8.24. The Morgan fingerprint density at radius 3 is 2.19 bits per heavy atom. The summed E-state index contributed by atoms with van der Waals surface area (Å²) in [5, 5.41) is 0.563.